The fraction of sp³-hybridized carbons (Fsp3) is 0.938. The van der Waals surface area contributed by atoms with E-state index >= 15 is 0 Å². The monoisotopic (exact) mass is 383 g/mol. The van der Waals surface area contributed by atoms with Crippen LogP contribution >= 0.6 is 0 Å². The minimum absolute atomic E-state index is 0.0489. The summed E-state index contributed by atoms with van der Waals surface area (Å²) in [6.07, 6.45) is -1.18. The van der Waals surface area contributed by atoms with Crippen molar-refractivity contribution in [2.45, 2.75) is 81.3 Å². The van der Waals surface area contributed by atoms with Crippen LogP contribution in [0.15, 0.2) is 0 Å². The molecular weight excluding hydrogens is 359 g/mol. The van der Waals surface area contributed by atoms with Gasteiger partial charge in [0, 0.05) is 6.04 Å². The first kappa shape index (κ1) is 18.9. The van der Waals surface area contributed by atoms with E-state index in [2.05, 4.69) is 0 Å². The zero-order valence-corrected chi connectivity index (χ0v) is 14.7. The first-order valence-electron chi connectivity index (χ1n) is 8.94. The number of carbonyl (C=O) groups is 1. The second kappa shape index (κ2) is 6.72. The fourth-order valence-electron chi connectivity index (χ4n) is 4.86. The number of aliphatic carboxylic acids is 1. The van der Waals surface area contributed by atoms with E-state index in [0.29, 0.717) is 12.8 Å². The number of rotatable bonds is 3. The molecule has 0 aromatic heterocycles. The SMILES string of the molecule is O=C(O)C1CC2CCCCC2N1S(=O)(=O)C1CCC(C(F)(F)F)CC1. The van der Waals surface area contributed by atoms with Crippen LogP contribution in [0.5, 0.6) is 0 Å². The Hall–Kier alpha value is -0.830. The predicted molar refractivity (Wildman–Crippen MR) is 84.3 cm³/mol. The molecule has 1 N–H and O–H groups in total. The number of fused-ring (bicyclic) bond motifs is 1. The summed E-state index contributed by atoms with van der Waals surface area (Å²) in [5.41, 5.74) is 0. The maximum Gasteiger partial charge on any atom is 0.391 e. The summed E-state index contributed by atoms with van der Waals surface area (Å²) in [4.78, 5) is 11.6. The highest BCUT2D eigenvalue weighted by molar-refractivity contribution is 7.89. The van der Waals surface area contributed by atoms with Crippen molar-refractivity contribution in [3.8, 4) is 0 Å². The zero-order valence-electron chi connectivity index (χ0n) is 13.9. The smallest absolute Gasteiger partial charge is 0.391 e. The molecule has 5 nitrogen and oxygen atoms in total. The number of hydrogen-bond donors (Lipinski definition) is 1. The molecule has 0 aromatic rings. The molecule has 0 amide bonds. The van der Waals surface area contributed by atoms with Gasteiger partial charge < -0.3 is 5.11 Å². The Morgan fingerprint density at radius 1 is 1.00 bits per heavy atom. The molecule has 9 heteroatoms. The summed E-state index contributed by atoms with van der Waals surface area (Å²) >= 11 is 0. The van der Waals surface area contributed by atoms with E-state index in [0.717, 1.165) is 23.6 Å². The lowest BCUT2D eigenvalue weighted by molar-refractivity contribution is -0.181. The highest BCUT2D eigenvalue weighted by atomic mass is 32.2. The van der Waals surface area contributed by atoms with E-state index in [-0.39, 0.29) is 37.6 Å². The van der Waals surface area contributed by atoms with Crippen LogP contribution < -0.4 is 0 Å². The molecule has 1 aliphatic heterocycles. The number of sulfonamides is 1. The van der Waals surface area contributed by atoms with E-state index in [4.69, 9.17) is 0 Å². The van der Waals surface area contributed by atoms with Crippen LogP contribution in [0, 0.1) is 11.8 Å². The van der Waals surface area contributed by atoms with Gasteiger partial charge in [-0.15, -0.1) is 0 Å². The lowest BCUT2D eigenvalue weighted by Gasteiger charge is -2.37. The summed E-state index contributed by atoms with van der Waals surface area (Å²) in [6, 6.07) is -1.38. The number of halogens is 3. The predicted octanol–water partition coefficient (Wildman–Crippen LogP) is 3.16. The van der Waals surface area contributed by atoms with E-state index in [1.54, 1.807) is 0 Å². The van der Waals surface area contributed by atoms with Crippen molar-refractivity contribution in [3.05, 3.63) is 0 Å². The van der Waals surface area contributed by atoms with Crippen LogP contribution in [0.2, 0.25) is 0 Å². The van der Waals surface area contributed by atoms with Gasteiger partial charge in [0.1, 0.15) is 6.04 Å². The van der Waals surface area contributed by atoms with E-state index in [1.807, 2.05) is 0 Å². The minimum Gasteiger partial charge on any atom is -0.480 e. The maximum absolute atomic E-state index is 13.1. The van der Waals surface area contributed by atoms with Gasteiger partial charge in [-0.25, -0.2) is 8.42 Å². The normalized spacial score (nSPS) is 37.6. The number of nitrogens with zero attached hydrogens (tertiary/aromatic N) is 1. The number of carboxylic acids is 1. The van der Waals surface area contributed by atoms with Crippen LogP contribution in [0.3, 0.4) is 0 Å². The lowest BCUT2D eigenvalue weighted by Crippen LogP contribution is -2.50. The second-order valence-electron chi connectivity index (χ2n) is 7.59. The van der Waals surface area contributed by atoms with Crippen molar-refractivity contribution < 1.29 is 31.5 Å². The first-order valence-corrected chi connectivity index (χ1v) is 10.4. The van der Waals surface area contributed by atoms with Crippen LogP contribution in [0.25, 0.3) is 0 Å². The molecule has 3 fully saturated rings. The third-order valence-electron chi connectivity index (χ3n) is 6.17. The molecule has 144 valence electrons. The molecular formula is C16H24F3NO4S. The quantitative estimate of drug-likeness (QED) is 0.812. The maximum atomic E-state index is 13.1. The van der Waals surface area contributed by atoms with Gasteiger partial charge in [-0.2, -0.15) is 17.5 Å². The standard InChI is InChI=1S/C16H24F3NO4S/c17-16(18,19)11-5-7-12(8-6-11)25(23,24)20-13-4-2-1-3-10(13)9-14(20)15(21)22/h10-14H,1-9H2,(H,21,22). The molecule has 0 spiro atoms. The Kier molecular flexibility index (Phi) is 5.09. The molecule has 2 aliphatic carbocycles. The van der Waals surface area contributed by atoms with E-state index in [1.165, 1.54) is 0 Å². The summed E-state index contributed by atoms with van der Waals surface area (Å²) in [7, 11) is -3.91. The van der Waals surface area contributed by atoms with Gasteiger partial charge in [0.05, 0.1) is 11.2 Å². The van der Waals surface area contributed by atoms with Crippen molar-refractivity contribution in [3.63, 3.8) is 0 Å². The molecule has 1 saturated heterocycles. The van der Waals surface area contributed by atoms with Crippen LogP contribution in [0.4, 0.5) is 13.2 Å². The Morgan fingerprint density at radius 3 is 2.16 bits per heavy atom. The highest BCUT2D eigenvalue weighted by Crippen LogP contribution is 2.45. The van der Waals surface area contributed by atoms with Crippen molar-refractivity contribution in [2.24, 2.45) is 11.8 Å². The summed E-state index contributed by atoms with van der Waals surface area (Å²) in [5.74, 6) is -2.55. The molecule has 3 rings (SSSR count). The van der Waals surface area contributed by atoms with Gasteiger partial charge in [0.25, 0.3) is 0 Å². The summed E-state index contributed by atoms with van der Waals surface area (Å²) < 4.78 is 65.8. The highest BCUT2D eigenvalue weighted by Gasteiger charge is 2.53. The van der Waals surface area contributed by atoms with Crippen molar-refractivity contribution >= 4 is 16.0 Å². The lowest BCUT2D eigenvalue weighted by atomic mass is 9.85. The van der Waals surface area contributed by atoms with Crippen molar-refractivity contribution in [2.75, 3.05) is 0 Å². The topological polar surface area (TPSA) is 74.7 Å². The first-order chi connectivity index (χ1) is 11.6. The number of carboxylic acid groups (broad SMARTS) is 1. The Balaban J connectivity index is 1.79. The molecule has 0 aromatic carbocycles. The molecule has 3 aliphatic rings. The van der Waals surface area contributed by atoms with Crippen LogP contribution in [-0.2, 0) is 14.8 Å². The molecule has 1 heterocycles. The van der Waals surface area contributed by atoms with Gasteiger partial charge in [-0.1, -0.05) is 12.8 Å². The van der Waals surface area contributed by atoms with Gasteiger partial charge in [-0.05, 0) is 50.9 Å². The van der Waals surface area contributed by atoms with Crippen LogP contribution in [0.1, 0.15) is 57.8 Å². The zero-order chi connectivity index (χ0) is 18.4. The summed E-state index contributed by atoms with van der Waals surface area (Å²) in [5, 5.41) is 8.59. The molecule has 0 radical (unpaired) electrons. The van der Waals surface area contributed by atoms with E-state index < -0.39 is 39.4 Å². The Labute approximate surface area is 145 Å². The number of alkyl halides is 3. The fourth-order valence-corrected chi connectivity index (χ4v) is 7.25. The Morgan fingerprint density at radius 2 is 1.60 bits per heavy atom. The molecule has 2 saturated carbocycles. The third kappa shape index (κ3) is 3.54. The largest absolute Gasteiger partial charge is 0.480 e. The summed E-state index contributed by atoms with van der Waals surface area (Å²) in [6.45, 7) is 0. The van der Waals surface area contributed by atoms with E-state index in [9.17, 15) is 31.5 Å². The average molecular weight is 383 g/mol. The van der Waals surface area contributed by atoms with Gasteiger partial charge in [0.2, 0.25) is 10.0 Å². The van der Waals surface area contributed by atoms with Crippen molar-refractivity contribution in [1.29, 1.82) is 0 Å². The second-order valence-corrected chi connectivity index (χ2v) is 9.71. The van der Waals surface area contributed by atoms with Crippen molar-refractivity contribution in [1.82, 2.24) is 4.31 Å². The molecule has 3 atom stereocenters. The molecule has 3 unspecified atom stereocenters. The Bertz CT molecular complexity index is 613. The third-order valence-corrected chi connectivity index (χ3v) is 8.59. The minimum atomic E-state index is -4.29. The van der Waals surface area contributed by atoms with Crippen LogP contribution in [-0.4, -0.2) is 47.3 Å². The van der Waals surface area contributed by atoms with Gasteiger partial charge >= 0.3 is 12.1 Å². The van der Waals surface area contributed by atoms with Gasteiger partial charge in [-0.3, -0.25) is 4.79 Å². The molecule has 25 heavy (non-hydrogen) atoms. The molecule has 0 bridgehead atoms. The average Bonchev–Trinajstić information content (AvgIpc) is 2.94. The number of hydrogen-bond acceptors (Lipinski definition) is 3. The van der Waals surface area contributed by atoms with Gasteiger partial charge in [0.15, 0.2) is 0 Å².